The Morgan fingerprint density at radius 3 is 1.54 bits per heavy atom. The smallest absolute Gasteiger partial charge is 0.223 e. The fourth-order valence-electron chi connectivity index (χ4n) is 7.37. The van der Waals surface area contributed by atoms with Gasteiger partial charge in [0.05, 0.1) is 6.54 Å². The molecule has 14 heteroatoms. The first-order chi connectivity index (χ1) is 28.6. The van der Waals surface area contributed by atoms with Crippen LogP contribution in [0.4, 0.5) is 0 Å². The molecule has 0 rings (SSSR count). The third-order valence-electron chi connectivity index (χ3n) is 11.7. The topological polar surface area (TPSA) is 164 Å². The summed E-state index contributed by atoms with van der Waals surface area (Å²) < 4.78 is 0. The number of rotatable bonds is 38. The van der Waals surface area contributed by atoms with E-state index in [1.807, 2.05) is 63.1 Å². The van der Waals surface area contributed by atoms with Crippen LogP contribution in [0.2, 0.25) is 0 Å². The molecule has 356 valence electrons. The number of nitrogens with zero attached hydrogens (tertiary/aromatic N) is 4. The summed E-state index contributed by atoms with van der Waals surface area (Å²) in [5.74, 6) is -3.15. The van der Waals surface area contributed by atoms with Crippen LogP contribution in [0.25, 0.3) is 0 Å². The molecule has 0 fully saturated rings. The molecule has 0 bridgehead atoms. The molecule has 0 aromatic rings. The predicted octanol–water partition coefficient (Wildman–Crippen LogP) is 4.26. The Hall–Kier alpha value is -2.78. The average molecular weight is 865 g/mol. The first-order valence-electron chi connectivity index (χ1n) is 23.4. The minimum Gasteiger partial charge on any atom is -0.356 e. The van der Waals surface area contributed by atoms with Crippen molar-refractivity contribution in [3.63, 3.8) is 0 Å². The van der Waals surface area contributed by atoms with Crippen molar-refractivity contribution in [1.29, 1.82) is 0 Å². The lowest BCUT2D eigenvalue weighted by Gasteiger charge is -2.33. The highest BCUT2D eigenvalue weighted by molar-refractivity contribution is 5.94. The Labute approximate surface area is 372 Å². The molecule has 0 aromatic carbocycles. The minimum absolute atomic E-state index is 0.0378. The Morgan fingerprint density at radius 1 is 0.508 bits per heavy atom. The number of carbonyl (C=O) groups is 6. The third kappa shape index (κ3) is 27.1. The van der Waals surface area contributed by atoms with Gasteiger partial charge in [0.15, 0.2) is 0 Å². The predicted molar refractivity (Wildman–Crippen MR) is 249 cm³/mol. The van der Waals surface area contributed by atoms with E-state index >= 15 is 0 Å². The van der Waals surface area contributed by atoms with E-state index in [2.05, 4.69) is 54.7 Å². The van der Waals surface area contributed by atoms with Crippen LogP contribution in [0.5, 0.6) is 0 Å². The molecule has 3 atom stereocenters. The SMILES string of the molecule is CCCCCCNC(=O)CC(CC)C(=O)C(C)(C)CC(CC(=O)C(C)(C)CC(CC(=O)NCCN(C)CCN(C)C)C(=O)CNCCCC)C(=O)NCCN(C)CCN(C)C. The molecular weight excluding hydrogens is 773 g/mol. The minimum atomic E-state index is -1.04. The molecule has 4 N–H and O–H groups in total. The Morgan fingerprint density at radius 2 is 1.02 bits per heavy atom. The number of ketones is 3. The van der Waals surface area contributed by atoms with Crippen molar-refractivity contribution in [1.82, 2.24) is 40.9 Å². The van der Waals surface area contributed by atoms with Crippen LogP contribution in [-0.2, 0) is 28.8 Å². The van der Waals surface area contributed by atoms with E-state index in [4.69, 9.17) is 0 Å². The number of nitrogens with one attached hydrogen (secondary N) is 4. The van der Waals surface area contributed by atoms with Gasteiger partial charge in [-0.15, -0.1) is 0 Å². The van der Waals surface area contributed by atoms with E-state index in [1.165, 1.54) is 0 Å². The van der Waals surface area contributed by atoms with E-state index in [1.54, 1.807) is 13.8 Å². The van der Waals surface area contributed by atoms with Crippen LogP contribution in [0.15, 0.2) is 0 Å². The average Bonchev–Trinajstić information content (AvgIpc) is 3.18. The zero-order valence-electron chi connectivity index (χ0n) is 41.2. The van der Waals surface area contributed by atoms with Crippen molar-refractivity contribution in [2.24, 2.45) is 28.6 Å². The lowest BCUT2D eigenvalue weighted by Crippen LogP contribution is -2.43. The Bertz CT molecular complexity index is 1290. The van der Waals surface area contributed by atoms with Gasteiger partial charge in [0.2, 0.25) is 17.7 Å². The third-order valence-corrected chi connectivity index (χ3v) is 11.7. The number of likely N-dealkylation sites (N-methyl/N-ethyl adjacent to an activating group) is 4. The van der Waals surface area contributed by atoms with E-state index in [0.29, 0.717) is 45.7 Å². The molecule has 0 aromatic heterocycles. The monoisotopic (exact) mass is 865 g/mol. The van der Waals surface area contributed by atoms with Crippen LogP contribution in [0, 0.1) is 28.6 Å². The number of amides is 3. The molecule has 0 spiro atoms. The number of Topliss-reactive ketones (excluding diaryl/α,β-unsaturated/α-hetero) is 3. The highest BCUT2D eigenvalue weighted by Crippen LogP contribution is 2.37. The number of carbonyl (C=O) groups excluding carboxylic acids is 6. The van der Waals surface area contributed by atoms with Crippen LogP contribution < -0.4 is 21.3 Å². The highest BCUT2D eigenvalue weighted by atomic mass is 16.2. The van der Waals surface area contributed by atoms with Gasteiger partial charge in [-0.2, -0.15) is 0 Å². The summed E-state index contributed by atoms with van der Waals surface area (Å²) in [4.78, 5) is 90.9. The largest absolute Gasteiger partial charge is 0.356 e. The molecule has 14 nitrogen and oxygen atoms in total. The number of hydrogen-bond donors (Lipinski definition) is 4. The molecule has 0 aliphatic rings. The fraction of sp³-hybridized carbons (Fsp3) is 0.872. The summed E-state index contributed by atoms with van der Waals surface area (Å²) in [6.07, 6.45) is 6.75. The van der Waals surface area contributed by atoms with E-state index in [0.717, 1.165) is 64.7 Å². The summed E-state index contributed by atoms with van der Waals surface area (Å²) >= 11 is 0. The maximum absolute atomic E-state index is 14.4. The molecular formula is C47H92N8O6. The van der Waals surface area contributed by atoms with Crippen LogP contribution >= 0.6 is 0 Å². The summed E-state index contributed by atoms with van der Waals surface area (Å²) in [6.45, 7) is 20.2. The van der Waals surface area contributed by atoms with Gasteiger partial charge in [0.25, 0.3) is 0 Å². The molecule has 0 heterocycles. The zero-order valence-corrected chi connectivity index (χ0v) is 41.2. The molecule has 0 saturated carbocycles. The van der Waals surface area contributed by atoms with Crippen molar-refractivity contribution in [3.8, 4) is 0 Å². The van der Waals surface area contributed by atoms with Crippen molar-refractivity contribution in [3.05, 3.63) is 0 Å². The molecule has 3 amide bonds. The summed E-state index contributed by atoms with van der Waals surface area (Å²) in [6, 6.07) is 0. The maximum Gasteiger partial charge on any atom is 0.223 e. The van der Waals surface area contributed by atoms with E-state index in [-0.39, 0.29) is 73.7 Å². The van der Waals surface area contributed by atoms with E-state index in [9.17, 15) is 28.8 Å². The lowest BCUT2D eigenvalue weighted by molar-refractivity contribution is -0.139. The maximum atomic E-state index is 14.4. The van der Waals surface area contributed by atoms with Crippen LogP contribution in [-0.4, -0.2) is 169 Å². The van der Waals surface area contributed by atoms with Crippen molar-refractivity contribution in [2.75, 3.05) is 114 Å². The van der Waals surface area contributed by atoms with Gasteiger partial charge in [-0.25, -0.2) is 0 Å². The summed E-state index contributed by atoms with van der Waals surface area (Å²) in [5.41, 5.74) is -2.05. The standard InChI is InChI=1S/C47H92N8O6/c1-14-17-19-20-22-49-42(58)32-37(16-3)44(60)47(6,7)35-39(45(61)51-24-26-55(13)30-28-53(10)11)31-41(57)46(4,5)34-38(40(56)36-48-21-18-15-2)33-43(59)50-23-25-54(12)29-27-52(8)9/h37-39,48H,14-36H2,1-13H3,(H,49,58)(H,50,59)(H,51,61). The number of hydrogen-bond acceptors (Lipinski definition) is 11. The molecule has 61 heavy (non-hydrogen) atoms. The second-order valence-electron chi connectivity index (χ2n) is 19.3. The second-order valence-corrected chi connectivity index (χ2v) is 19.3. The van der Waals surface area contributed by atoms with Gasteiger partial charge in [0, 0.05) is 107 Å². The van der Waals surface area contributed by atoms with Gasteiger partial charge in [-0.3, -0.25) is 28.8 Å². The van der Waals surface area contributed by atoms with Gasteiger partial charge in [0.1, 0.15) is 17.3 Å². The van der Waals surface area contributed by atoms with Gasteiger partial charge in [-0.05, 0) is 80.9 Å². The van der Waals surface area contributed by atoms with Crippen molar-refractivity contribution < 1.29 is 28.8 Å². The van der Waals surface area contributed by atoms with E-state index < -0.39 is 28.6 Å². The molecule has 3 unspecified atom stereocenters. The molecule has 0 aliphatic heterocycles. The highest BCUT2D eigenvalue weighted by Gasteiger charge is 2.41. The van der Waals surface area contributed by atoms with Crippen molar-refractivity contribution >= 4 is 35.1 Å². The van der Waals surface area contributed by atoms with Gasteiger partial charge < -0.3 is 40.9 Å². The fourth-order valence-corrected chi connectivity index (χ4v) is 7.37. The van der Waals surface area contributed by atoms with Crippen LogP contribution in [0.3, 0.4) is 0 Å². The second kappa shape index (κ2) is 32.0. The van der Waals surface area contributed by atoms with Gasteiger partial charge >= 0.3 is 0 Å². The quantitative estimate of drug-likeness (QED) is 0.0657. The first-order valence-corrected chi connectivity index (χ1v) is 23.4. The van der Waals surface area contributed by atoms with Gasteiger partial charge in [-0.1, -0.05) is 74.1 Å². The molecule has 0 saturated heterocycles. The van der Waals surface area contributed by atoms with Crippen LogP contribution in [0.1, 0.15) is 126 Å². The first kappa shape index (κ1) is 58.2. The number of unbranched alkanes of at least 4 members (excludes halogenated alkanes) is 4. The van der Waals surface area contributed by atoms with Crippen molar-refractivity contribution in [2.45, 2.75) is 126 Å². The lowest BCUT2D eigenvalue weighted by atomic mass is 9.70. The Balaban J connectivity index is 6.22. The Kier molecular flexibility index (Phi) is 30.5. The summed E-state index contributed by atoms with van der Waals surface area (Å²) in [5, 5.41) is 12.2. The summed E-state index contributed by atoms with van der Waals surface area (Å²) in [7, 11) is 12.1. The molecule has 0 aliphatic carbocycles. The normalized spacial score (nSPS) is 13.7. The molecule has 0 radical (unpaired) electrons. The zero-order chi connectivity index (χ0) is 46.6.